The Kier molecular flexibility index (Phi) is 4.44. The average molecular weight is 240 g/mol. The molecule has 0 spiro atoms. The van der Waals surface area contributed by atoms with Crippen LogP contribution in [0.3, 0.4) is 0 Å². The third-order valence-electron chi connectivity index (χ3n) is 3.12. The van der Waals surface area contributed by atoms with Crippen LogP contribution in [0.2, 0.25) is 0 Å². The first-order valence-corrected chi connectivity index (χ1v) is 6.54. The van der Waals surface area contributed by atoms with Gasteiger partial charge in [-0.25, -0.2) is 0 Å². The van der Waals surface area contributed by atoms with Crippen LogP contribution in [0.1, 0.15) is 25.8 Å². The van der Waals surface area contributed by atoms with Gasteiger partial charge in [-0.05, 0) is 31.2 Å². The summed E-state index contributed by atoms with van der Waals surface area (Å²) in [5.41, 5.74) is 2.68. The van der Waals surface area contributed by atoms with E-state index in [-0.39, 0.29) is 0 Å². The molecule has 2 rings (SSSR count). The number of hydrogen-bond acceptors (Lipinski definition) is 1. The Morgan fingerprint density at radius 3 is 2.94 bits per heavy atom. The minimum Gasteiger partial charge on any atom is -0.347 e. The number of benzene rings is 1. The van der Waals surface area contributed by atoms with E-state index in [0.717, 1.165) is 26.1 Å². The molecule has 0 radical (unpaired) electrons. The van der Waals surface area contributed by atoms with Crippen molar-refractivity contribution in [1.29, 1.82) is 0 Å². The molecule has 0 amide bonds. The van der Waals surface area contributed by atoms with Gasteiger partial charge in [0.15, 0.2) is 0 Å². The van der Waals surface area contributed by atoms with Crippen LogP contribution in [0, 0.1) is 11.8 Å². The van der Waals surface area contributed by atoms with Crippen molar-refractivity contribution >= 4 is 10.9 Å². The Hall–Kier alpha value is -1.72. The molecule has 1 aromatic heterocycles. The van der Waals surface area contributed by atoms with E-state index in [0.29, 0.717) is 0 Å². The van der Waals surface area contributed by atoms with Gasteiger partial charge in [0, 0.05) is 36.6 Å². The van der Waals surface area contributed by atoms with Crippen LogP contribution in [-0.4, -0.2) is 11.1 Å². The van der Waals surface area contributed by atoms with E-state index in [4.69, 9.17) is 0 Å². The summed E-state index contributed by atoms with van der Waals surface area (Å²) in [5.74, 6) is 6.06. The van der Waals surface area contributed by atoms with E-state index in [9.17, 15) is 0 Å². The van der Waals surface area contributed by atoms with E-state index >= 15 is 0 Å². The number of aromatic nitrogens is 1. The van der Waals surface area contributed by atoms with E-state index in [1.165, 1.54) is 16.5 Å². The Bertz CT molecular complexity index is 570. The molecule has 94 valence electrons. The molecule has 18 heavy (non-hydrogen) atoms. The lowest BCUT2D eigenvalue weighted by molar-refractivity contribution is 0.729. The molecular formula is C16H20N2. The van der Waals surface area contributed by atoms with Crippen LogP contribution >= 0.6 is 0 Å². The minimum atomic E-state index is 0.914. The third-order valence-corrected chi connectivity index (χ3v) is 3.12. The zero-order valence-electron chi connectivity index (χ0n) is 11.2. The summed E-state index contributed by atoms with van der Waals surface area (Å²) >= 11 is 0. The second-order valence-corrected chi connectivity index (χ2v) is 4.32. The molecule has 0 saturated heterocycles. The summed E-state index contributed by atoms with van der Waals surface area (Å²) in [6, 6.07) is 8.73. The molecule has 0 fully saturated rings. The molecule has 1 heterocycles. The highest BCUT2D eigenvalue weighted by Crippen LogP contribution is 2.20. The summed E-state index contributed by atoms with van der Waals surface area (Å²) in [6.45, 7) is 6.93. The van der Waals surface area contributed by atoms with Crippen LogP contribution in [0.25, 0.3) is 10.9 Å². The lowest BCUT2D eigenvalue weighted by Gasteiger charge is -2.06. The molecule has 0 unspecified atom stereocenters. The maximum Gasteiger partial charge on any atom is 0.0483 e. The Balaban J connectivity index is 2.25. The van der Waals surface area contributed by atoms with Crippen molar-refractivity contribution in [2.24, 2.45) is 0 Å². The number of nitrogens with one attached hydrogen (secondary N) is 1. The van der Waals surface area contributed by atoms with Crippen molar-refractivity contribution in [3.63, 3.8) is 0 Å². The highest BCUT2D eigenvalue weighted by molar-refractivity contribution is 5.83. The van der Waals surface area contributed by atoms with Gasteiger partial charge in [-0.3, -0.25) is 0 Å². The second kappa shape index (κ2) is 6.28. The van der Waals surface area contributed by atoms with Crippen LogP contribution < -0.4 is 5.32 Å². The van der Waals surface area contributed by atoms with Gasteiger partial charge in [0.2, 0.25) is 0 Å². The average Bonchev–Trinajstić information content (AvgIpc) is 2.81. The topological polar surface area (TPSA) is 17.0 Å². The molecule has 1 aromatic carbocycles. The quantitative estimate of drug-likeness (QED) is 0.794. The summed E-state index contributed by atoms with van der Waals surface area (Å²) in [6.07, 6.45) is 3.08. The molecule has 0 atom stereocenters. The summed E-state index contributed by atoms with van der Waals surface area (Å²) in [7, 11) is 0. The van der Waals surface area contributed by atoms with Gasteiger partial charge >= 0.3 is 0 Å². The molecule has 0 aliphatic carbocycles. The lowest BCUT2D eigenvalue weighted by Crippen LogP contribution is -2.11. The predicted molar refractivity (Wildman–Crippen MR) is 77.4 cm³/mol. The molecular weight excluding hydrogens is 220 g/mol. The highest BCUT2D eigenvalue weighted by Gasteiger charge is 2.04. The maximum absolute atomic E-state index is 3.39. The van der Waals surface area contributed by atoms with Gasteiger partial charge in [0.05, 0.1) is 0 Å². The summed E-state index contributed by atoms with van der Waals surface area (Å²) in [4.78, 5) is 0. The third kappa shape index (κ3) is 2.75. The van der Waals surface area contributed by atoms with E-state index in [2.05, 4.69) is 59.1 Å². The predicted octanol–water partition coefficient (Wildman–Crippen LogP) is 3.16. The molecule has 0 saturated carbocycles. The Labute approximate surface area is 109 Å². The first-order valence-electron chi connectivity index (χ1n) is 6.54. The van der Waals surface area contributed by atoms with Gasteiger partial charge in [0.25, 0.3) is 0 Å². The highest BCUT2D eigenvalue weighted by atomic mass is 14.9. The molecule has 0 aliphatic heterocycles. The number of aryl methyl sites for hydroxylation is 1. The van der Waals surface area contributed by atoms with E-state index < -0.39 is 0 Å². The molecule has 2 nitrogen and oxygen atoms in total. The molecule has 1 N–H and O–H groups in total. The van der Waals surface area contributed by atoms with Crippen molar-refractivity contribution in [2.45, 2.75) is 33.4 Å². The number of nitrogens with zero attached hydrogens (tertiary/aromatic N) is 1. The van der Waals surface area contributed by atoms with Crippen LogP contribution in [0.4, 0.5) is 0 Å². The van der Waals surface area contributed by atoms with Crippen molar-refractivity contribution < 1.29 is 0 Å². The molecule has 2 heteroatoms. The SMILES string of the molecule is CC#CCCn1ccc2c(CNCC)cccc21. The summed E-state index contributed by atoms with van der Waals surface area (Å²) < 4.78 is 2.29. The fourth-order valence-electron chi connectivity index (χ4n) is 2.20. The zero-order valence-corrected chi connectivity index (χ0v) is 11.2. The minimum absolute atomic E-state index is 0.914. The Morgan fingerprint density at radius 1 is 1.28 bits per heavy atom. The maximum atomic E-state index is 3.39. The smallest absolute Gasteiger partial charge is 0.0483 e. The van der Waals surface area contributed by atoms with Gasteiger partial charge in [-0.2, -0.15) is 0 Å². The monoisotopic (exact) mass is 240 g/mol. The van der Waals surface area contributed by atoms with E-state index in [1.807, 2.05) is 6.92 Å². The van der Waals surface area contributed by atoms with Gasteiger partial charge in [0.1, 0.15) is 0 Å². The lowest BCUT2D eigenvalue weighted by atomic mass is 10.1. The number of hydrogen-bond donors (Lipinski definition) is 1. The summed E-state index contributed by atoms with van der Waals surface area (Å²) in [5, 5.41) is 4.74. The largest absolute Gasteiger partial charge is 0.347 e. The molecule has 0 bridgehead atoms. The van der Waals surface area contributed by atoms with E-state index in [1.54, 1.807) is 0 Å². The van der Waals surface area contributed by atoms with Crippen molar-refractivity contribution in [3.8, 4) is 11.8 Å². The fraction of sp³-hybridized carbons (Fsp3) is 0.375. The standard InChI is InChI=1S/C16H20N2/c1-3-5-6-11-18-12-10-15-14(13-17-4-2)8-7-9-16(15)18/h7-10,12,17H,4,6,11,13H2,1-2H3. The normalized spacial score (nSPS) is 10.3. The number of rotatable bonds is 5. The van der Waals surface area contributed by atoms with Crippen molar-refractivity contribution in [3.05, 3.63) is 36.0 Å². The fourth-order valence-corrected chi connectivity index (χ4v) is 2.20. The first kappa shape index (κ1) is 12.7. The molecule has 0 aliphatic rings. The van der Waals surface area contributed by atoms with Crippen molar-refractivity contribution in [1.82, 2.24) is 9.88 Å². The zero-order chi connectivity index (χ0) is 12.8. The Morgan fingerprint density at radius 2 is 2.17 bits per heavy atom. The van der Waals surface area contributed by atoms with Crippen LogP contribution in [-0.2, 0) is 13.1 Å². The van der Waals surface area contributed by atoms with Gasteiger partial charge in [-0.1, -0.05) is 19.1 Å². The van der Waals surface area contributed by atoms with Gasteiger partial charge in [-0.15, -0.1) is 11.8 Å². The van der Waals surface area contributed by atoms with Crippen LogP contribution in [0.5, 0.6) is 0 Å². The van der Waals surface area contributed by atoms with Crippen molar-refractivity contribution in [2.75, 3.05) is 6.54 Å². The first-order chi connectivity index (χ1) is 8.86. The second-order valence-electron chi connectivity index (χ2n) is 4.32. The molecule has 2 aromatic rings. The number of fused-ring (bicyclic) bond motifs is 1. The van der Waals surface area contributed by atoms with Gasteiger partial charge < -0.3 is 9.88 Å². The van der Waals surface area contributed by atoms with Crippen LogP contribution in [0.15, 0.2) is 30.5 Å².